The summed E-state index contributed by atoms with van der Waals surface area (Å²) in [6.07, 6.45) is 3.68. The van der Waals surface area contributed by atoms with Crippen LogP contribution in [0.4, 0.5) is 0 Å². The van der Waals surface area contributed by atoms with Gasteiger partial charge in [-0.1, -0.05) is 35.4 Å². The van der Waals surface area contributed by atoms with Crippen LogP contribution in [-0.4, -0.2) is 30.8 Å². The van der Waals surface area contributed by atoms with Crippen LogP contribution in [0.2, 0.25) is 5.02 Å². The summed E-state index contributed by atoms with van der Waals surface area (Å²) < 4.78 is 27.3. The lowest BCUT2D eigenvalue weighted by Crippen LogP contribution is -2.37. The fraction of sp³-hybridized carbons (Fsp3) is 0.300. The molecule has 0 bridgehead atoms. The van der Waals surface area contributed by atoms with Gasteiger partial charge in [0.05, 0.1) is 4.90 Å². The van der Waals surface area contributed by atoms with E-state index in [4.69, 9.17) is 11.6 Å². The highest BCUT2D eigenvalue weighted by molar-refractivity contribution is 7.89. The molecule has 0 aliphatic carbocycles. The lowest BCUT2D eigenvalue weighted by Gasteiger charge is -2.31. The maximum Gasteiger partial charge on any atom is 0.243 e. The molecule has 3 aromatic rings. The zero-order chi connectivity index (χ0) is 18.3. The van der Waals surface area contributed by atoms with Crippen molar-refractivity contribution in [2.75, 3.05) is 13.1 Å². The van der Waals surface area contributed by atoms with E-state index in [1.54, 1.807) is 16.4 Å². The molecular formula is C20H21ClN2O2S. The van der Waals surface area contributed by atoms with Gasteiger partial charge < -0.3 is 4.98 Å². The molecule has 1 fully saturated rings. The molecule has 1 saturated heterocycles. The van der Waals surface area contributed by atoms with Crippen LogP contribution in [0.15, 0.2) is 53.6 Å². The van der Waals surface area contributed by atoms with Crippen LogP contribution < -0.4 is 0 Å². The standard InChI is InChI=1S/C20H21ClN2O2S/c1-14-2-5-17(6-3-14)26(24,25)23-10-8-15(9-11-23)19-13-22-20-12-16(21)4-7-18(19)20/h2-7,12-13,15,22H,8-11H2,1H3. The first-order chi connectivity index (χ1) is 12.4. The minimum Gasteiger partial charge on any atom is -0.361 e. The summed E-state index contributed by atoms with van der Waals surface area (Å²) in [7, 11) is -3.41. The molecule has 2 aromatic carbocycles. The number of aryl methyl sites for hydroxylation is 1. The van der Waals surface area contributed by atoms with Gasteiger partial charge in [-0.25, -0.2) is 8.42 Å². The number of H-pyrrole nitrogens is 1. The normalized spacial score (nSPS) is 17.0. The first kappa shape index (κ1) is 17.6. The SMILES string of the molecule is Cc1ccc(S(=O)(=O)N2CCC(c3c[nH]c4cc(Cl)ccc34)CC2)cc1. The lowest BCUT2D eigenvalue weighted by atomic mass is 9.90. The Morgan fingerprint density at radius 3 is 2.46 bits per heavy atom. The van der Waals surface area contributed by atoms with Crippen molar-refractivity contribution >= 4 is 32.5 Å². The lowest BCUT2D eigenvalue weighted by molar-refractivity contribution is 0.320. The van der Waals surface area contributed by atoms with Crippen LogP contribution in [0.5, 0.6) is 0 Å². The maximum atomic E-state index is 12.8. The number of nitrogens with zero attached hydrogens (tertiary/aromatic N) is 1. The van der Waals surface area contributed by atoms with Gasteiger partial charge >= 0.3 is 0 Å². The monoisotopic (exact) mass is 388 g/mol. The fourth-order valence-electron chi connectivity index (χ4n) is 3.73. The summed E-state index contributed by atoms with van der Waals surface area (Å²) in [5.41, 5.74) is 3.34. The Hall–Kier alpha value is -1.82. The van der Waals surface area contributed by atoms with Crippen molar-refractivity contribution in [3.63, 3.8) is 0 Å². The molecule has 1 aliphatic rings. The second-order valence-corrected chi connectivity index (χ2v) is 9.30. The molecule has 2 heterocycles. The smallest absolute Gasteiger partial charge is 0.243 e. The molecule has 4 rings (SSSR count). The van der Waals surface area contributed by atoms with Gasteiger partial charge in [0, 0.05) is 35.2 Å². The van der Waals surface area contributed by atoms with E-state index in [0.717, 1.165) is 23.9 Å². The second kappa shape index (κ2) is 6.72. The van der Waals surface area contributed by atoms with Crippen molar-refractivity contribution in [1.82, 2.24) is 9.29 Å². The first-order valence-electron chi connectivity index (χ1n) is 8.78. The highest BCUT2D eigenvalue weighted by Crippen LogP contribution is 2.35. The van der Waals surface area contributed by atoms with Crippen molar-refractivity contribution in [3.8, 4) is 0 Å². The number of hydrogen-bond acceptors (Lipinski definition) is 2. The average Bonchev–Trinajstić information content (AvgIpc) is 3.05. The fourth-order valence-corrected chi connectivity index (χ4v) is 5.37. The molecule has 1 N–H and O–H groups in total. The van der Waals surface area contributed by atoms with E-state index in [2.05, 4.69) is 4.98 Å². The Bertz CT molecular complexity index is 1030. The summed E-state index contributed by atoms with van der Waals surface area (Å²) in [4.78, 5) is 3.66. The molecule has 0 unspecified atom stereocenters. The molecule has 26 heavy (non-hydrogen) atoms. The topological polar surface area (TPSA) is 53.2 Å². The minimum absolute atomic E-state index is 0.356. The summed E-state index contributed by atoms with van der Waals surface area (Å²) in [5.74, 6) is 0.356. The van der Waals surface area contributed by atoms with Gasteiger partial charge in [0.2, 0.25) is 10.0 Å². The molecule has 0 spiro atoms. The van der Waals surface area contributed by atoms with Gasteiger partial charge in [-0.3, -0.25) is 0 Å². The third-order valence-corrected chi connectivity index (χ3v) is 7.38. The Balaban J connectivity index is 1.52. The molecule has 0 atom stereocenters. The van der Waals surface area contributed by atoms with E-state index in [-0.39, 0.29) is 0 Å². The summed E-state index contributed by atoms with van der Waals surface area (Å²) >= 11 is 6.06. The van der Waals surface area contributed by atoms with E-state index >= 15 is 0 Å². The van der Waals surface area contributed by atoms with Crippen molar-refractivity contribution < 1.29 is 8.42 Å². The third kappa shape index (κ3) is 3.15. The zero-order valence-corrected chi connectivity index (χ0v) is 16.1. The van der Waals surface area contributed by atoms with Gasteiger partial charge in [0.1, 0.15) is 0 Å². The van der Waals surface area contributed by atoms with Crippen LogP contribution in [0.3, 0.4) is 0 Å². The molecular weight excluding hydrogens is 368 g/mol. The number of hydrogen-bond donors (Lipinski definition) is 1. The van der Waals surface area contributed by atoms with Crippen LogP contribution in [0.1, 0.15) is 29.9 Å². The zero-order valence-electron chi connectivity index (χ0n) is 14.6. The van der Waals surface area contributed by atoms with Gasteiger partial charge in [-0.2, -0.15) is 4.31 Å². The highest BCUT2D eigenvalue weighted by atomic mass is 35.5. The average molecular weight is 389 g/mol. The predicted octanol–water partition coefficient (Wildman–Crippen LogP) is 4.70. The van der Waals surface area contributed by atoms with E-state index < -0.39 is 10.0 Å². The van der Waals surface area contributed by atoms with Gasteiger partial charge in [0.25, 0.3) is 0 Å². The quantitative estimate of drug-likeness (QED) is 0.707. The van der Waals surface area contributed by atoms with Gasteiger partial charge in [-0.15, -0.1) is 0 Å². The van der Waals surface area contributed by atoms with Crippen LogP contribution >= 0.6 is 11.6 Å². The number of rotatable bonds is 3. The van der Waals surface area contributed by atoms with Crippen LogP contribution in [-0.2, 0) is 10.0 Å². The predicted molar refractivity (Wildman–Crippen MR) is 105 cm³/mol. The molecule has 6 heteroatoms. The van der Waals surface area contributed by atoms with Gasteiger partial charge in [-0.05, 0) is 55.5 Å². The molecule has 4 nitrogen and oxygen atoms in total. The summed E-state index contributed by atoms with van der Waals surface area (Å²) in [6, 6.07) is 12.9. The first-order valence-corrected chi connectivity index (χ1v) is 10.6. The number of benzene rings is 2. The number of nitrogens with one attached hydrogen (secondary N) is 1. The summed E-state index contributed by atoms with van der Waals surface area (Å²) in [6.45, 7) is 3.04. The van der Waals surface area contributed by atoms with Gasteiger partial charge in [0.15, 0.2) is 0 Å². The number of piperidine rings is 1. The highest BCUT2D eigenvalue weighted by Gasteiger charge is 2.30. The molecule has 0 saturated carbocycles. The molecule has 136 valence electrons. The maximum absolute atomic E-state index is 12.8. The van der Waals surface area contributed by atoms with Crippen molar-refractivity contribution in [2.24, 2.45) is 0 Å². The van der Waals surface area contributed by atoms with Crippen LogP contribution in [0, 0.1) is 6.92 Å². The van der Waals surface area contributed by atoms with Crippen LogP contribution in [0.25, 0.3) is 10.9 Å². The van der Waals surface area contributed by atoms with Crippen molar-refractivity contribution in [3.05, 3.63) is 64.8 Å². The molecule has 1 aliphatic heterocycles. The summed E-state index contributed by atoms with van der Waals surface area (Å²) in [5, 5.41) is 1.89. The Morgan fingerprint density at radius 2 is 1.77 bits per heavy atom. The number of aromatic nitrogens is 1. The number of fused-ring (bicyclic) bond motifs is 1. The molecule has 1 aromatic heterocycles. The Morgan fingerprint density at radius 1 is 1.08 bits per heavy atom. The molecule has 0 amide bonds. The van der Waals surface area contributed by atoms with E-state index in [9.17, 15) is 8.42 Å². The molecule has 0 radical (unpaired) electrons. The number of sulfonamides is 1. The Kier molecular flexibility index (Phi) is 4.55. The largest absolute Gasteiger partial charge is 0.361 e. The van der Waals surface area contributed by atoms with Crippen molar-refractivity contribution in [2.45, 2.75) is 30.6 Å². The minimum atomic E-state index is -3.41. The number of aromatic amines is 1. The number of halogens is 1. The van der Waals surface area contributed by atoms with E-state index in [0.29, 0.717) is 28.9 Å². The second-order valence-electron chi connectivity index (χ2n) is 6.93. The van der Waals surface area contributed by atoms with Crippen molar-refractivity contribution in [1.29, 1.82) is 0 Å². The van der Waals surface area contributed by atoms with E-state index in [1.807, 2.05) is 43.5 Å². The Labute approximate surface area is 158 Å². The van der Waals surface area contributed by atoms with E-state index in [1.165, 1.54) is 10.9 Å². The third-order valence-electron chi connectivity index (χ3n) is 5.23.